The van der Waals surface area contributed by atoms with Crippen LogP contribution in [0.2, 0.25) is 0 Å². The lowest BCUT2D eigenvalue weighted by atomic mass is 9.50. The van der Waals surface area contributed by atoms with Gasteiger partial charge in [-0.2, -0.15) is 0 Å². The third kappa shape index (κ3) is 1.80. The number of rotatable bonds is 3. The van der Waals surface area contributed by atoms with Crippen molar-refractivity contribution in [1.29, 1.82) is 0 Å². The Balaban J connectivity index is 1.40. The molecule has 5 fully saturated rings. The molecule has 5 aliphatic rings. The van der Waals surface area contributed by atoms with E-state index in [4.69, 9.17) is 4.74 Å². The molecule has 4 bridgehead atoms. The number of ether oxygens (including phenoxy) is 1. The molecule has 0 N–H and O–H groups in total. The first kappa shape index (κ1) is 11.3. The summed E-state index contributed by atoms with van der Waals surface area (Å²) in [7, 11) is 0. The van der Waals surface area contributed by atoms with Crippen LogP contribution in [-0.2, 0) is 9.53 Å². The Bertz CT molecular complexity index is 321. The minimum absolute atomic E-state index is 0.108. The van der Waals surface area contributed by atoms with E-state index in [0.717, 1.165) is 37.2 Å². The lowest BCUT2D eigenvalue weighted by Gasteiger charge is -2.56. The van der Waals surface area contributed by atoms with Crippen molar-refractivity contribution in [2.75, 3.05) is 6.61 Å². The van der Waals surface area contributed by atoms with Gasteiger partial charge in [-0.25, -0.2) is 0 Å². The molecule has 0 aromatic carbocycles. The van der Waals surface area contributed by atoms with Crippen molar-refractivity contribution < 1.29 is 9.53 Å². The Hall–Kier alpha value is -0.530. The van der Waals surface area contributed by atoms with Gasteiger partial charge in [-0.3, -0.25) is 4.79 Å². The monoisotopic (exact) mass is 248 g/mol. The second-order valence-electron chi connectivity index (χ2n) is 7.65. The van der Waals surface area contributed by atoms with Crippen LogP contribution < -0.4 is 0 Å². The molecule has 2 heteroatoms. The Morgan fingerprint density at radius 3 is 2.00 bits per heavy atom. The molecule has 5 saturated carbocycles. The molecule has 5 aliphatic carbocycles. The quantitative estimate of drug-likeness (QED) is 0.714. The lowest BCUT2D eigenvalue weighted by molar-refractivity contribution is -0.162. The standard InChI is InChI=1S/C16H24O2/c17-15(14-2-1-3-14)18-10-16-7-11-4-12(8-16)6-13(5-11)9-16/h11-14H,1-10H2. The molecule has 0 saturated heterocycles. The van der Waals surface area contributed by atoms with Crippen molar-refractivity contribution >= 4 is 5.97 Å². The Morgan fingerprint density at radius 2 is 1.56 bits per heavy atom. The highest BCUT2D eigenvalue weighted by molar-refractivity contribution is 5.73. The van der Waals surface area contributed by atoms with Crippen LogP contribution in [0.5, 0.6) is 0 Å². The fourth-order valence-corrected chi connectivity index (χ4v) is 5.45. The predicted octanol–water partition coefficient (Wildman–Crippen LogP) is 3.55. The topological polar surface area (TPSA) is 26.3 Å². The average Bonchev–Trinajstić information content (AvgIpc) is 2.22. The number of hydrogen-bond acceptors (Lipinski definition) is 2. The average molecular weight is 248 g/mol. The maximum absolute atomic E-state index is 11.9. The van der Waals surface area contributed by atoms with Crippen molar-refractivity contribution in [3.8, 4) is 0 Å². The Kier molecular flexibility index (Phi) is 2.50. The Morgan fingerprint density at radius 1 is 1.00 bits per heavy atom. The van der Waals surface area contributed by atoms with E-state index in [2.05, 4.69) is 0 Å². The van der Waals surface area contributed by atoms with Crippen molar-refractivity contribution in [3.05, 3.63) is 0 Å². The number of carbonyl (C=O) groups is 1. The zero-order chi connectivity index (χ0) is 12.2. The molecule has 0 spiro atoms. The molecule has 18 heavy (non-hydrogen) atoms. The van der Waals surface area contributed by atoms with Gasteiger partial charge in [-0.05, 0) is 69.1 Å². The smallest absolute Gasteiger partial charge is 0.308 e. The number of esters is 1. The summed E-state index contributed by atoms with van der Waals surface area (Å²) in [6.45, 7) is 0.742. The van der Waals surface area contributed by atoms with Gasteiger partial charge in [-0.15, -0.1) is 0 Å². The normalized spacial score (nSPS) is 45.9. The number of hydrogen-bond donors (Lipinski definition) is 0. The zero-order valence-corrected chi connectivity index (χ0v) is 11.2. The second-order valence-corrected chi connectivity index (χ2v) is 7.65. The van der Waals surface area contributed by atoms with Crippen LogP contribution in [0.25, 0.3) is 0 Å². The summed E-state index contributed by atoms with van der Waals surface area (Å²) >= 11 is 0. The van der Waals surface area contributed by atoms with Crippen molar-refractivity contribution in [3.63, 3.8) is 0 Å². The van der Waals surface area contributed by atoms with Crippen molar-refractivity contribution in [1.82, 2.24) is 0 Å². The highest BCUT2D eigenvalue weighted by atomic mass is 16.5. The van der Waals surface area contributed by atoms with Crippen LogP contribution in [0.1, 0.15) is 57.8 Å². The van der Waals surface area contributed by atoms with Crippen LogP contribution in [0, 0.1) is 29.1 Å². The zero-order valence-electron chi connectivity index (χ0n) is 11.2. The first-order valence-corrected chi connectivity index (χ1v) is 7.89. The van der Waals surface area contributed by atoms with Crippen molar-refractivity contribution in [2.45, 2.75) is 57.8 Å². The van der Waals surface area contributed by atoms with Crippen molar-refractivity contribution in [2.24, 2.45) is 29.1 Å². The van der Waals surface area contributed by atoms with Crippen LogP contribution >= 0.6 is 0 Å². The first-order valence-electron chi connectivity index (χ1n) is 7.89. The van der Waals surface area contributed by atoms with Gasteiger partial charge >= 0.3 is 5.97 Å². The third-order valence-corrected chi connectivity index (χ3v) is 6.12. The molecule has 0 aromatic rings. The molecule has 0 aromatic heterocycles. The third-order valence-electron chi connectivity index (χ3n) is 6.12. The maximum atomic E-state index is 11.9. The summed E-state index contributed by atoms with van der Waals surface area (Å²) in [6.07, 6.45) is 11.8. The maximum Gasteiger partial charge on any atom is 0.308 e. The van der Waals surface area contributed by atoms with E-state index < -0.39 is 0 Å². The van der Waals surface area contributed by atoms with Crippen LogP contribution in [0.4, 0.5) is 0 Å². The lowest BCUT2D eigenvalue weighted by Crippen LogP contribution is -2.48. The number of carbonyl (C=O) groups excluding carboxylic acids is 1. The highest BCUT2D eigenvalue weighted by Gasteiger charge is 2.51. The highest BCUT2D eigenvalue weighted by Crippen LogP contribution is 2.60. The van der Waals surface area contributed by atoms with Gasteiger partial charge in [0.25, 0.3) is 0 Å². The summed E-state index contributed by atoms with van der Waals surface area (Å²) in [5, 5.41) is 0. The van der Waals surface area contributed by atoms with Gasteiger partial charge in [0.15, 0.2) is 0 Å². The fourth-order valence-electron chi connectivity index (χ4n) is 5.45. The largest absolute Gasteiger partial charge is 0.465 e. The SMILES string of the molecule is O=C(OCC12CC3CC(CC(C3)C1)C2)C1CCC1. The summed E-state index contributed by atoms with van der Waals surface area (Å²) in [5.74, 6) is 3.23. The fraction of sp³-hybridized carbons (Fsp3) is 0.938. The Labute approximate surface area is 109 Å². The molecule has 0 unspecified atom stereocenters. The molecule has 0 heterocycles. The van der Waals surface area contributed by atoms with Gasteiger partial charge < -0.3 is 4.74 Å². The minimum atomic E-state index is 0.108. The molecule has 0 atom stereocenters. The minimum Gasteiger partial charge on any atom is -0.465 e. The van der Waals surface area contributed by atoms with E-state index in [1.807, 2.05) is 0 Å². The van der Waals surface area contributed by atoms with Crippen LogP contribution in [0.15, 0.2) is 0 Å². The van der Waals surface area contributed by atoms with Gasteiger partial charge in [0.1, 0.15) is 0 Å². The molecule has 2 nitrogen and oxygen atoms in total. The molecule has 0 amide bonds. The van der Waals surface area contributed by atoms with E-state index in [1.54, 1.807) is 0 Å². The predicted molar refractivity (Wildman–Crippen MR) is 68.9 cm³/mol. The summed E-state index contributed by atoms with van der Waals surface area (Å²) in [5.41, 5.74) is 0.397. The summed E-state index contributed by atoms with van der Waals surface area (Å²) < 4.78 is 5.69. The van der Waals surface area contributed by atoms with E-state index in [9.17, 15) is 4.79 Å². The van der Waals surface area contributed by atoms with E-state index in [1.165, 1.54) is 44.9 Å². The molecule has 100 valence electrons. The van der Waals surface area contributed by atoms with Gasteiger partial charge in [-0.1, -0.05) is 6.42 Å². The van der Waals surface area contributed by atoms with Gasteiger partial charge in [0.05, 0.1) is 12.5 Å². The van der Waals surface area contributed by atoms with E-state index in [-0.39, 0.29) is 11.9 Å². The van der Waals surface area contributed by atoms with Crippen LogP contribution in [0.3, 0.4) is 0 Å². The summed E-state index contributed by atoms with van der Waals surface area (Å²) in [6, 6.07) is 0. The van der Waals surface area contributed by atoms with Gasteiger partial charge in [0.2, 0.25) is 0 Å². The first-order chi connectivity index (χ1) is 8.72. The molecule has 0 aliphatic heterocycles. The second kappa shape index (κ2) is 3.98. The molecule has 0 radical (unpaired) electrons. The van der Waals surface area contributed by atoms with E-state index >= 15 is 0 Å². The summed E-state index contributed by atoms with van der Waals surface area (Å²) in [4.78, 5) is 11.9. The van der Waals surface area contributed by atoms with E-state index in [0.29, 0.717) is 5.41 Å². The molecular formula is C16H24O2. The molecule has 5 rings (SSSR count). The van der Waals surface area contributed by atoms with Gasteiger partial charge in [0, 0.05) is 5.41 Å². The van der Waals surface area contributed by atoms with Crippen LogP contribution in [-0.4, -0.2) is 12.6 Å². The molecular weight excluding hydrogens is 224 g/mol.